The molecule has 1 aromatic carbocycles. The number of phosphoric ester groups is 1. The van der Waals surface area contributed by atoms with Gasteiger partial charge >= 0.3 is 13.8 Å². The van der Waals surface area contributed by atoms with Crippen molar-refractivity contribution in [2.45, 2.75) is 37.0 Å². The van der Waals surface area contributed by atoms with Crippen LogP contribution in [0.2, 0.25) is 0 Å². The predicted molar refractivity (Wildman–Crippen MR) is 111 cm³/mol. The molecule has 34 heavy (non-hydrogen) atoms. The van der Waals surface area contributed by atoms with Gasteiger partial charge in [0.15, 0.2) is 18.5 Å². The number of carbonyl (C=O) groups excluding carboxylic acids is 1. The summed E-state index contributed by atoms with van der Waals surface area (Å²) in [7, 11) is -4.74. The van der Waals surface area contributed by atoms with Gasteiger partial charge in [-0.15, -0.1) is 0 Å². The number of hydrogen-bond donors (Lipinski definition) is 6. The van der Waals surface area contributed by atoms with Crippen molar-refractivity contribution in [3.63, 3.8) is 0 Å². The zero-order valence-electron chi connectivity index (χ0n) is 17.7. The van der Waals surface area contributed by atoms with E-state index in [2.05, 4.69) is 4.52 Å². The monoisotopic (exact) mass is 500 g/mol. The number of carboxylic acids is 2. The maximum atomic E-state index is 10.8. The van der Waals surface area contributed by atoms with E-state index in [-0.39, 0.29) is 5.56 Å². The molecular weight excluding hydrogens is 475 g/mol. The Morgan fingerprint density at radius 3 is 2.35 bits per heavy atom. The number of pyridine rings is 1. The Bertz CT molecular complexity index is 1020. The largest absolute Gasteiger partial charge is 0.545 e. The third kappa shape index (κ3) is 8.24. The highest BCUT2D eigenvalue weighted by Crippen LogP contribution is 2.37. The molecule has 0 spiro atoms. The zero-order valence-corrected chi connectivity index (χ0v) is 18.5. The molecule has 1 aliphatic rings. The Morgan fingerprint density at radius 2 is 1.79 bits per heavy atom. The molecule has 13 nitrogen and oxygen atoms in total. The molecule has 1 aromatic heterocycles. The minimum absolute atomic E-state index is 0.164. The van der Waals surface area contributed by atoms with Gasteiger partial charge in [0.1, 0.15) is 18.2 Å². The number of benzene rings is 1. The van der Waals surface area contributed by atoms with E-state index in [9.17, 15) is 29.5 Å². The molecule has 0 saturated carbocycles. The minimum Gasteiger partial charge on any atom is -0.545 e. The predicted octanol–water partition coefficient (Wildman–Crippen LogP) is -2.29. The van der Waals surface area contributed by atoms with Crippen molar-refractivity contribution in [3.8, 4) is 0 Å². The molecule has 1 fully saturated rings. The molecule has 186 valence electrons. The summed E-state index contributed by atoms with van der Waals surface area (Å²) in [5, 5.41) is 39.1. The number of nitrogens with two attached hydrogens (primary N) is 1. The van der Waals surface area contributed by atoms with Crippen LogP contribution in [0.15, 0.2) is 54.9 Å². The van der Waals surface area contributed by atoms with Gasteiger partial charge in [-0.05, 0) is 18.1 Å². The minimum atomic E-state index is -4.74. The van der Waals surface area contributed by atoms with Crippen LogP contribution in [0.1, 0.15) is 22.1 Å². The standard InChI is InChI=1S/C11H14NO9P.C9H11NO2/c13-8-7(5-20-22(17,18)19)21-10(9(8)14)12-3-1-2-6(4-12)11(15)16;10-8(9(11)12)6-7-4-2-1-3-5-7/h1-4,7-10,13-14H,5H2,(H2-,15,16,17,18,19);1-5,8H,6,10H2,(H,11,12)/t7-,8-,9-,10-;/m1./s1. The van der Waals surface area contributed by atoms with Gasteiger partial charge in [0.05, 0.1) is 18.1 Å². The van der Waals surface area contributed by atoms with Crippen LogP contribution >= 0.6 is 7.82 Å². The smallest absolute Gasteiger partial charge is 0.469 e. The molecule has 2 heterocycles. The number of aromatic carboxylic acids is 1. The van der Waals surface area contributed by atoms with Crippen LogP contribution in [-0.2, 0) is 25.0 Å². The van der Waals surface area contributed by atoms with Gasteiger partial charge in [-0.2, -0.15) is 4.57 Å². The fourth-order valence-electron chi connectivity index (χ4n) is 3.01. The van der Waals surface area contributed by atoms with Gasteiger partial charge in [-0.25, -0.2) is 4.57 Å². The van der Waals surface area contributed by atoms with Crippen LogP contribution < -0.4 is 15.4 Å². The molecule has 7 N–H and O–H groups in total. The Balaban J connectivity index is 0.000000287. The van der Waals surface area contributed by atoms with Crippen LogP contribution in [0.5, 0.6) is 0 Å². The molecule has 5 atom stereocenters. The van der Waals surface area contributed by atoms with Crippen molar-refractivity contribution in [3.05, 3.63) is 66.0 Å². The maximum absolute atomic E-state index is 10.8. The summed E-state index contributed by atoms with van der Waals surface area (Å²) < 4.78 is 21.4. The molecular formula is C20H25N2O11P. The van der Waals surface area contributed by atoms with Crippen molar-refractivity contribution in [2.75, 3.05) is 6.61 Å². The highest BCUT2D eigenvalue weighted by Gasteiger charge is 2.48. The van der Waals surface area contributed by atoms with E-state index in [4.69, 9.17) is 25.4 Å². The fourth-order valence-corrected chi connectivity index (χ4v) is 3.35. The average molecular weight is 500 g/mol. The Hall–Kier alpha value is -2.74. The molecule has 1 unspecified atom stereocenters. The number of phosphoric acid groups is 1. The molecule has 3 rings (SSSR count). The first-order valence-corrected chi connectivity index (χ1v) is 11.4. The van der Waals surface area contributed by atoms with Gasteiger partial charge < -0.3 is 45.5 Å². The SMILES string of the molecule is NC(Cc1ccccc1)C(=O)O.O=C([O-])c1ccc[n+]([C@@H]2O[C@H](COP(=O)(O)O)[C@@H](O)[C@H]2O)c1. The number of aliphatic hydroxyl groups excluding tert-OH is 2. The van der Waals surface area contributed by atoms with Gasteiger partial charge in [0, 0.05) is 6.07 Å². The van der Waals surface area contributed by atoms with Crippen LogP contribution in [0.25, 0.3) is 0 Å². The lowest BCUT2D eigenvalue weighted by Crippen LogP contribution is -2.46. The zero-order chi connectivity index (χ0) is 25.5. The second-order valence-electron chi connectivity index (χ2n) is 7.29. The number of nitrogens with zero attached hydrogens (tertiary/aromatic N) is 1. The van der Waals surface area contributed by atoms with Gasteiger partial charge in [0.25, 0.3) is 6.23 Å². The molecule has 14 heteroatoms. The summed E-state index contributed by atoms with van der Waals surface area (Å²) >= 11 is 0. The first-order valence-electron chi connectivity index (χ1n) is 9.85. The van der Waals surface area contributed by atoms with E-state index < -0.39 is 56.9 Å². The first kappa shape index (κ1) is 27.5. The number of hydrogen-bond acceptors (Lipinski definition) is 9. The van der Waals surface area contributed by atoms with E-state index >= 15 is 0 Å². The molecule has 0 amide bonds. The van der Waals surface area contributed by atoms with Crippen LogP contribution in [0, 0.1) is 0 Å². The highest BCUT2D eigenvalue weighted by molar-refractivity contribution is 7.46. The Kier molecular flexibility index (Phi) is 9.79. The van der Waals surface area contributed by atoms with Crippen molar-refractivity contribution >= 4 is 19.8 Å². The summed E-state index contributed by atoms with van der Waals surface area (Å²) in [6.45, 7) is -0.639. The van der Waals surface area contributed by atoms with Crippen molar-refractivity contribution in [2.24, 2.45) is 5.73 Å². The second kappa shape index (κ2) is 12.1. The molecule has 0 aliphatic carbocycles. The molecule has 1 aliphatic heterocycles. The number of carboxylic acid groups (broad SMARTS) is 2. The molecule has 0 bridgehead atoms. The number of carbonyl (C=O) groups is 2. The van der Waals surface area contributed by atoms with Crippen LogP contribution in [0.4, 0.5) is 0 Å². The summed E-state index contributed by atoms with van der Waals surface area (Å²) in [6.07, 6.45) is -2.30. The van der Waals surface area contributed by atoms with Gasteiger partial charge in [-0.3, -0.25) is 9.32 Å². The van der Waals surface area contributed by atoms with Crippen molar-refractivity contribution in [1.82, 2.24) is 0 Å². The highest BCUT2D eigenvalue weighted by atomic mass is 31.2. The number of aromatic nitrogens is 1. The quantitative estimate of drug-likeness (QED) is 0.166. The fraction of sp³-hybridized carbons (Fsp3) is 0.350. The number of aliphatic hydroxyl groups is 2. The van der Waals surface area contributed by atoms with Gasteiger partial charge in [-0.1, -0.05) is 30.3 Å². The lowest BCUT2D eigenvalue weighted by molar-refractivity contribution is -0.765. The van der Waals surface area contributed by atoms with E-state index in [1.165, 1.54) is 22.9 Å². The van der Waals surface area contributed by atoms with Crippen molar-refractivity contribution in [1.29, 1.82) is 0 Å². The lowest BCUT2D eigenvalue weighted by atomic mass is 10.1. The summed E-state index contributed by atoms with van der Waals surface area (Å²) in [6, 6.07) is 11.2. The normalized spacial score (nSPS) is 23.0. The third-order valence-electron chi connectivity index (χ3n) is 4.71. The lowest BCUT2D eigenvalue weighted by Gasteiger charge is -2.13. The van der Waals surface area contributed by atoms with E-state index in [1.807, 2.05) is 30.3 Å². The number of rotatable bonds is 8. The van der Waals surface area contributed by atoms with Crippen LogP contribution in [-0.4, -0.2) is 68.0 Å². The van der Waals surface area contributed by atoms with Crippen molar-refractivity contribution < 1.29 is 58.2 Å². The summed E-state index contributed by atoms with van der Waals surface area (Å²) in [5.41, 5.74) is 6.14. The number of aliphatic carboxylic acids is 1. The number of ether oxygens (including phenoxy) is 1. The molecule has 0 radical (unpaired) electrons. The summed E-state index contributed by atoms with van der Waals surface area (Å²) in [5.74, 6) is -2.39. The average Bonchev–Trinajstić information content (AvgIpc) is 3.07. The van der Waals surface area contributed by atoms with Crippen LogP contribution in [0.3, 0.4) is 0 Å². The topological polar surface area (TPSA) is 224 Å². The second-order valence-corrected chi connectivity index (χ2v) is 8.53. The van der Waals surface area contributed by atoms with Gasteiger partial charge in [0.2, 0.25) is 0 Å². The third-order valence-corrected chi connectivity index (χ3v) is 5.20. The Labute approximate surface area is 193 Å². The van der Waals surface area contributed by atoms with E-state index in [0.717, 1.165) is 11.8 Å². The van der Waals surface area contributed by atoms with E-state index in [1.54, 1.807) is 0 Å². The maximum Gasteiger partial charge on any atom is 0.469 e. The summed E-state index contributed by atoms with van der Waals surface area (Å²) in [4.78, 5) is 38.4. The van der Waals surface area contributed by atoms with E-state index in [0.29, 0.717) is 6.42 Å². The first-order chi connectivity index (χ1) is 15.9. The molecule has 2 aromatic rings. The molecule has 1 saturated heterocycles. The Morgan fingerprint density at radius 1 is 1.15 bits per heavy atom.